The smallest absolute Gasteiger partial charge is 1.00 e. The minimum absolute atomic E-state index is 0. The van der Waals surface area contributed by atoms with E-state index in [1.165, 1.54) is 51.4 Å². The average Bonchev–Trinajstić information content (AvgIpc) is 3.20. The standard InChI is InChI=1S/C29H42.2ClH.Zr/c1-27(2,3)25-21-15-11-9-13-19(21)17-23(25)29(7,8)24-18-20-14-10-12-16-22(20)26(24)28(4,5)6;;;/h17-18H,9-16H2,1-8H3;2*1H;/q-2;;;+4/p-2. The average molecular weight is 553 g/mol. The second-order valence-electron chi connectivity index (χ2n) is 12.4. The fourth-order valence-corrected chi connectivity index (χ4v) is 6.41. The first-order chi connectivity index (χ1) is 13.4. The van der Waals surface area contributed by atoms with Crippen molar-refractivity contribution in [3.8, 4) is 0 Å². The summed E-state index contributed by atoms with van der Waals surface area (Å²) in [5, 5.41) is 0. The molecule has 176 valence electrons. The van der Waals surface area contributed by atoms with Gasteiger partial charge in [-0.2, -0.15) is 56.6 Å². The van der Waals surface area contributed by atoms with Crippen molar-refractivity contribution in [1.82, 2.24) is 0 Å². The van der Waals surface area contributed by atoms with Crippen molar-refractivity contribution >= 4 is 0 Å². The third-order valence-corrected chi connectivity index (χ3v) is 7.65. The van der Waals surface area contributed by atoms with Crippen LogP contribution < -0.4 is 24.8 Å². The van der Waals surface area contributed by atoms with E-state index in [1.807, 2.05) is 0 Å². The molecule has 0 heterocycles. The fourth-order valence-electron chi connectivity index (χ4n) is 6.41. The van der Waals surface area contributed by atoms with Crippen LogP contribution in [0.3, 0.4) is 0 Å². The largest absolute Gasteiger partial charge is 4.00 e. The SMILES string of the molecule is CC(C)(C)c1c(C(C)(C)c2[cH-]c3c(c2C(C)(C)C)CCCC3)[cH-]c2c1CCCC2.[Cl-].[Cl-].[Zr+4]. The summed E-state index contributed by atoms with van der Waals surface area (Å²) >= 11 is 0. The first-order valence-electron chi connectivity index (χ1n) is 12.1. The molecule has 0 bridgehead atoms. The molecule has 32 heavy (non-hydrogen) atoms. The second kappa shape index (κ2) is 10.4. The molecule has 0 nitrogen and oxygen atoms in total. The molecule has 0 aliphatic heterocycles. The van der Waals surface area contributed by atoms with E-state index < -0.39 is 0 Å². The van der Waals surface area contributed by atoms with Crippen LogP contribution in [0.1, 0.15) is 126 Å². The van der Waals surface area contributed by atoms with Crippen molar-refractivity contribution < 1.29 is 51.0 Å². The molecule has 0 saturated carbocycles. The molecule has 3 heteroatoms. The van der Waals surface area contributed by atoms with E-state index in [9.17, 15) is 0 Å². The van der Waals surface area contributed by atoms with E-state index in [2.05, 4.69) is 67.5 Å². The van der Waals surface area contributed by atoms with Gasteiger partial charge in [-0.3, -0.25) is 0 Å². The van der Waals surface area contributed by atoms with Crippen LogP contribution in [0.4, 0.5) is 0 Å². The van der Waals surface area contributed by atoms with E-state index >= 15 is 0 Å². The maximum atomic E-state index is 2.62. The molecule has 0 fully saturated rings. The van der Waals surface area contributed by atoms with E-state index in [0.29, 0.717) is 0 Å². The van der Waals surface area contributed by atoms with Crippen LogP contribution in [0.2, 0.25) is 0 Å². The Balaban J connectivity index is 0.00000171. The number of aryl methyl sites for hydroxylation is 2. The van der Waals surface area contributed by atoms with E-state index in [4.69, 9.17) is 0 Å². The monoisotopic (exact) mass is 550 g/mol. The summed E-state index contributed by atoms with van der Waals surface area (Å²) in [6.07, 6.45) is 10.5. The summed E-state index contributed by atoms with van der Waals surface area (Å²) in [5.74, 6) is 0. The fraction of sp³-hybridized carbons (Fsp3) is 0.655. The molecule has 0 atom stereocenters. The van der Waals surface area contributed by atoms with Gasteiger partial charge in [0.05, 0.1) is 0 Å². The first kappa shape index (κ1) is 30.2. The van der Waals surface area contributed by atoms with Gasteiger partial charge in [0.2, 0.25) is 0 Å². The summed E-state index contributed by atoms with van der Waals surface area (Å²) in [7, 11) is 0. The molecule has 0 saturated heterocycles. The predicted octanol–water partition coefficient (Wildman–Crippen LogP) is 1.81. The molecular formula is C29H42Cl2Zr. The first-order valence-corrected chi connectivity index (χ1v) is 12.1. The number of hydrogen-bond donors (Lipinski definition) is 0. The zero-order valence-corrected chi connectivity index (χ0v) is 25.5. The summed E-state index contributed by atoms with van der Waals surface area (Å²) in [5.41, 5.74) is 13.7. The maximum Gasteiger partial charge on any atom is 4.00 e. The number of rotatable bonds is 2. The van der Waals surface area contributed by atoms with Crippen molar-refractivity contribution in [3.63, 3.8) is 0 Å². The molecule has 0 radical (unpaired) electrons. The van der Waals surface area contributed by atoms with Crippen LogP contribution in [-0.4, -0.2) is 0 Å². The maximum absolute atomic E-state index is 2.62. The molecule has 2 aromatic rings. The van der Waals surface area contributed by atoms with Gasteiger partial charge < -0.3 is 24.8 Å². The molecule has 0 unspecified atom stereocenters. The predicted molar refractivity (Wildman–Crippen MR) is 127 cm³/mol. The molecule has 2 aliphatic rings. The molecule has 4 rings (SSSR count). The van der Waals surface area contributed by atoms with Crippen LogP contribution in [0.5, 0.6) is 0 Å². The molecule has 2 aromatic carbocycles. The Hall–Kier alpha value is 0.163. The van der Waals surface area contributed by atoms with Gasteiger partial charge in [0, 0.05) is 0 Å². The summed E-state index contributed by atoms with van der Waals surface area (Å²) < 4.78 is 0. The third-order valence-electron chi connectivity index (χ3n) is 7.65. The van der Waals surface area contributed by atoms with Gasteiger partial charge in [0.25, 0.3) is 0 Å². The quantitative estimate of drug-likeness (QED) is 0.499. The van der Waals surface area contributed by atoms with E-state index in [-0.39, 0.29) is 67.3 Å². The topological polar surface area (TPSA) is 0 Å². The van der Waals surface area contributed by atoms with Crippen molar-refractivity contribution in [1.29, 1.82) is 0 Å². The van der Waals surface area contributed by atoms with Crippen LogP contribution in [0.25, 0.3) is 0 Å². The van der Waals surface area contributed by atoms with Gasteiger partial charge in [0.15, 0.2) is 0 Å². The molecular weight excluding hydrogens is 510 g/mol. The Bertz CT molecular complexity index is 838. The Kier molecular flexibility index (Phi) is 9.83. The van der Waals surface area contributed by atoms with E-state index in [1.54, 1.807) is 44.5 Å². The van der Waals surface area contributed by atoms with Gasteiger partial charge in [-0.25, -0.2) is 0 Å². The number of halogens is 2. The zero-order chi connectivity index (χ0) is 21.2. The van der Waals surface area contributed by atoms with Gasteiger partial charge in [0.1, 0.15) is 0 Å². The number of fused-ring (bicyclic) bond motifs is 2. The Morgan fingerprint density at radius 1 is 0.531 bits per heavy atom. The van der Waals surface area contributed by atoms with Crippen molar-refractivity contribution in [2.24, 2.45) is 0 Å². The van der Waals surface area contributed by atoms with Crippen LogP contribution >= 0.6 is 0 Å². The Morgan fingerprint density at radius 2 is 0.844 bits per heavy atom. The van der Waals surface area contributed by atoms with Gasteiger partial charge in [-0.15, -0.1) is 0 Å². The summed E-state index contributed by atoms with van der Waals surface area (Å²) in [4.78, 5) is 0. The summed E-state index contributed by atoms with van der Waals surface area (Å²) in [6.45, 7) is 19.6. The van der Waals surface area contributed by atoms with Gasteiger partial charge in [-0.05, 0) is 5.41 Å². The molecule has 0 amide bonds. The Labute approximate surface area is 229 Å². The van der Waals surface area contributed by atoms with Crippen molar-refractivity contribution in [2.45, 2.75) is 123 Å². The molecule has 2 aliphatic carbocycles. The second-order valence-corrected chi connectivity index (χ2v) is 12.4. The van der Waals surface area contributed by atoms with Crippen LogP contribution in [-0.2, 0) is 68.1 Å². The van der Waals surface area contributed by atoms with E-state index in [0.717, 1.165) is 0 Å². The normalized spacial score (nSPS) is 16.2. The third kappa shape index (κ3) is 5.21. The van der Waals surface area contributed by atoms with Gasteiger partial charge >= 0.3 is 26.2 Å². The number of hydrogen-bond acceptors (Lipinski definition) is 0. The minimum atomic E-state index is 0. The van der Waals surface area contributed by atoms with Crippen molar-refractivity contribution in [3.05, 3.63) is 56.6 Å². The van der Waals surface area contributed by atoms with Crippen LogP contribution in [0, 0.1) is 0 Å². The minimum Gasteiger partial charge on any atom is -1.00 e. The zero-order valence-electron chi connectivity index (χ0n) is 21.6. The summed E-state index contributed by atoms with van der Waals surface area (Å²) in [6, 6.07) is 5.24. The molecule has 0 aromatic heterocycles. The van der Waals surface area contributed by atoms with Crippen molar-refractivity contribution in [2.75, 3.05) is 0 Å². The molecule has 0 spiro atoms. The van der Waals surface area contributed by atoms with Gasteiger partial charge in [-0.1, -0.05) is 118 Å². The van der Waals surface area contributed by atoms with Crippen LogP contribution in [0.15, 0.2) is 12.1 Å². The Morgan fingerprint density at radius 3 is 1.16 bits per heavy atom. The molecule has 0 N–H and O–H groups in total.